The zero-order valence-electron chi connectivity index (χ0n) is 15.2. The number of methoxy groups -OCH3 is 1. The summed E-state index contributed by atoms with van der Waals surface area (Å²) in [4.78, 5) is 26.2. The molecule has 1 saturated heterocycles. The number of amides is 2. The SMILES string of the molecule is COc1ccccc1CCC(=O)NC[C@@]12CCC[C@H]1N(C)C(=O)CC2. The number of likely N-dealkylation sites (tertiary alicyclic amines) is 1. The van der Waals surface area contributed by atoms with Gasteiger partial charge in [0.1, 0.15) is 5.75 Å². The van der Waals surface area contributed by atoms with Crippen LogP contribution in [0.4, 0.5) is 0 Å². The Labute approximate surface area is 149 Å². The molecule has 2 atom stereocenters. The first-order valence-corrected chi connectivity index (χ1v) is 9.20. The van der Waals surface area contributed by atoms with Crippen LogP contribution in [0, 0.1) is 5.41 Å². The lowest BCUT2D eigenvalue weighted by atomic mass is 9.74. The van der Waals surface area contributed by atoms with Crippen molar-refractivity contribution < 1.29 is 14.3 Å². The van der Waals surface area contributed by atoms with E-state index in [9.17, 15) is 9.59 Å². The molecule has 25 heavy (non-hydrogen) atoms. The van der Waals surface area contributed by atoms with E-state index in [1.165, 1.54) is 0 Å². The number of aryl methyl sites for hydroxylation is 1. The summed E-state index contributed by atoms with van der Waals surface area (Å²) in [5, 5.41) is 3.14. The zero-order chi connectivity index (χ0) is 17.9. The van der Waals surface area contributed by atoms with E-state index in [1.54, 1.807) is 7.11 Å². The van der Waals surface area contributed by atoms with Gasteiger partial charge < -0.3 is 15.0 Å². The molecule has 5 heteroatoms. The van der Waals surface area contributed by atoms with Crippen LogP contribution in [0.1, 0.15) is 44.1 Å². The van der Waals surface area contributed by atoms with Gasteiger partial charge in [-0.1, -0.05) is 24.6 Å². The summed E-state index contributed by atoms with van der Waals surface area (Å²) in [6.45, 7) is 0.681. The predicted octanol–water partition coefficient (Wildman–Crippen LogP) is 2.54. The number of hydrogen-bond donors (Lipinski definition) is 1. The van der Waals surface area contributed by atoms with Crippen LogP contribution >= 0.6 is 0 Å². The average molecular weight is 344 g/mol. The van der Waals surface area contributed by atoms with Crippen molar-refractivity contribution in [2.75, 3.05) is 20.7 Å². The number of ether oxygens (including phenoxy) is 1. The van der Waals surface area contributed by atoms with E-state index in [4.69, 9.17) is 4.74 Å². The molecule has 1 N–H and O–H groups in total. The second-order valence-electron chi connectivity index (χ2n) is 7.36. The number of carbonyl (C=O) groups excluding carboxylic acids is 2. The molecule has 0 radical (unpaired) electrons. The van der Waals surface area contributed by atoms with Gasteiger partial charge in [-0.3, -0.25) is 9.59 Å². The Balaban J connectivity index is 1.54. The lowest BCUT2D eigenvalue weighted by Gasteiger charge is -2.44. The van der Waals surface area contributed by atoms with Gasteiger partial charge in [0.25, 0.3) is 0 Å². The molecule has 0 bridgehead atoms. The fourth-order valence-electron chi connectivity index (χ4n) is 4.54. The fraction of sp³-hybridized carbons (Fsp3) is 0.600. The summed E-state index contributed by atoms with van der Waals surface area (Å²) in [5.74, 6) is 1.15. The summed E-state index contributed by atoms with van der Waals surface area (Å²) in [7, 11) is 3.56. The summed E-state index contributed by atoms with van der Waals surface area (Å²) in [5.41, 5.74) is 1.13. The van der Waals surface area contributed by atoms with E-state index in [0.717, 1.165) is 37.0 Å². The highest BCUT2D eigenvalue weighted by Gasteiger charge is 2.48. The lowest BCUT2D eigenvalue weighted by Crippen LogP contribution is -2.54. The van der Waals surface area contributed by atoms with Gasteiger partial charge in [0.2, 0.25) is 11.8 Å². The molecule has 1 aromatic rings. The van der Waals surface area contributed by atoms with Gasteiger partial charge in [-0.05, 0) is 37.3 Å². The number of rotatable bonds is 6. The highest BCUT2D eigenvalue weighted by molar-refractivity contribution is 5.78. The lowest BCUT2D eigenvalue weighted by molar-refractivity contribution is -0.139. The summed E-state index contributed by atoms with van der Waals surface area (Å²) < 4.78 is 5.34. The Kier molecular flexibility index (Phi) is 5.30. The molecule has 2 fully saturated rings. The van der Waals surface area contributed by atoms with Gasteiger partial charge in [0.05, 0.1) is 7.11 Å². The Morgan fingerprint density at radius 1 is 1.36 bits per heavy atom. The van der Waals surface area contributed by atoms with Crippen LogP contribution in [0.3, 0.4) is 0 Å². The van der Waals surface area contributed by atoms with Gasteiger partial charge in [-0.2, -0.15) is 0 Å². The first-order chi connectivity index (χ1) is 12.1. The summed E-state index contributed by atoms with van der Waals surface area (Å²) in [6, 6.07) is 8.10. The average Bonchev–Trinajstić information content (AvgIpc) is 3.07. The van der Waals surface area contributed by atoms with Crippen LogP contribution in [-0.4, -0.2) is 43.5 Å². The van der Waals surface area contributed by atoms with Crippen LogP contribution in [-0.2, 0) is 16.0 Å². The minimum absolute atomic E-state index is 0.0722. The topological polar surface area (TPSA) is 58.6 Å². The van der Waals surface area contributed by atoms with Gasteiger partial charge in [0.15, 0.2) is 0 Å². The van der Waals surface area contributed by atoms with E-state index in [-0.39, 0.29) is 23.3 Å². The molecule has 136 valence electrons. The normalized spacial score (nSPS) is 25.6. The molecule has 1 aliphatic heterocycles. The number of hydrogen-bond acceptors (Lipinski definition) is 3. The Bertz CT molecular complexity index is 646. The van der Waals surface area contributed by atoms with Crippen LogP contribution in [0.25, 0.3) is 0 Å². The second kappa shape index (κ2) is 7.46. The van der Waals surface area contributed by atoms with Crippen molar-refractivity contribution in [3.63, 3.8) is 0 Å². The molecule has 0 unspecified atom stereocenters. The number of para-hydroxylation sites is 1. The second-order valence-corrected chi connectivity index (χ2v) is 7.36. The number of fused-ring (bicyclic) bond motifs is 1. The first-order valence-electron chi connectivity index (χ1n) is 9.20. The quantitative estimate of drug-likeness (QED) is 0.863. The van der Waals surface area contributed by atoms with Gasteiger partial charge in [-0.15, -0.1) is 0 Å². The van der Waals surface area contributed by atoms with Crippen molar-refractivity contribution in [1.29, 1.82) is 0 Å². The molecule has 1 saturated carbocycles. The van der Waals surface area contributed by atoms with Crippen LogP contribution in [0.5, 0.6) is 5.75 Å². The van der Waals surface area contributed by atoms with Crippen molar-refractivity contribution in [2.45, 2.75) is 51.0 Å². The summed E-state index contributed by atoms with van der Waals surface area (Å²) >= 11 is 0. The Hall–Kier alpha value is -2.04. The predicted molar refractivity (Wildman–Crippen MR) is 96.4 cm³/mol. The van der Waals surface area contributed by atoms with Crippen molar-refractivity contribution in [3.8, 4) is 5.75 Å². The highest BCUT2D eigenvalue weighted by atomic mass is 16.5. The minimum atomic E-state index is 0.0722. The van der Waals surface area contributed by atoms with Crippen LogP contribution in [0.15, 0.2) is 24.3 Å². The van der Waals surface area contributed by atoms with Crippen molar-refractivity contribution in [1.82, 2.24) is 10.2 Å². The Morgan fingerprint density at radius 2 is 2.16 bits per heavy atom. The number of nitrogens with zero attached hydrogens (tertiary/aromatic N) is 1. The molecule has 3 rings (SSSR count). The third-order valence-corrected chi connectivity index (χ3v) is 6.01. The molecule has 2 amide bonds. The van der Waals surface area contributed by atoms with Crippen molar-refractivity contribution in [3.05, 3.63) is 29.8 Å². The summed E-state index contributed by atoms with van der Waals surface area (Å²) in [6.07, 6.45) is 5.92. The van der Waals surface area contributed by atoms with Crippen molar-refractivity contribution in [2.24, 2.45) is 5.41 Å². The molecular formula is C20H28N2O3. The van der Waals surface area contributed by atoms with E-state index < -0.39 is 0 Å². The van der Waals surface area contributed by atoms with E-state index in [1.807, 2.05) is 36.2 Å². The smallest absolute Gasteiger partial charge is 0.222 e. The standard InChI is InChI=1S/C20H28N2O3/c1-22-17-8-5-12-20(17,13-11-19(22)24)14-21-18(23)10-9-15-6-3-4-7-16(15)25-2/h3-4,6-7,17H,5,8-14H2,1-2H3,(H,21,23)/t17-,20+/m1/s1. The van der Waals surface area contributed by atoms with Gasteiger partial charge >= 0.3 is 0 Å². The van der Waals surface area contributed by atoms with Crippen molar-refractivity contribution >= 4 is 11.8 Å². The molecule has 1 aliphatic carbocycles. The molecular weight excluding hydrogens is 316 g/mol. The highest BCUT2D eigenvalue weighted by Crippen LogP contribution is 2.47. The first kappa shape index (κ1) is 17.8. The van der Waals surface area contributed by atoms with E-state index in [2.05, 4.69) is 5.32 Å². The molecule has 0 aromatic heterocycles. The monoisotopic (exact) mass is 344 g/mol. The third-order valence-electron chi connectivity index (χ3n) is 6.01. The molecule has 1 heterocycles. The number of benzene rings is 1. The Morgan fingerprint density at radius 3 is 2.96 bits per heavy atom. The third kappa shape index (κ3) is 3.65. The van der Waals surface area contributed by atoms with Crippen LogP contribution < -0.4 is 10.1 Å². The maximum absolute atomic E-state index is 12.4. The molecule has 1 aromatic carbocycles. The van der Waals surface area contributed by atoms with E-state index in [0.29, 0.717) is 25.8 Å². The number of carbonyl (C=O) groups is 2. The molecule has 2 aliphatic rings. The van der Waals surface area contributed by atoms with Gasteiger partial charge in [-0.25, -0.2) is 0 Å². The van der Waals surface area contributed by atoms with E-state index >= 15 is 0 Å². The number of piperidine rings is 1. The van der Waals surface area contributed by atoms with Crippen LogP contribution in [0.2, 0.25) is 0 Å². The fourth-order valence-corrected chi connectivity index (χ4v) is 4.54. The van der Waals surface area contributed by atoms with Gasteiger partial charge in [0, 0.05) is 37.9 Å². The largest absolute Gasteiger partial charge is 0.496 e. The molecule has 0 spiro atoms. The zero-order valence-corrected chi connectivity index (χ0v) is 15.2. The number of nitrogens with one attached hydrogen (secondary N) is 1. The minimum Gasteiger partial charge on any atom is -0.496 e. The maximum atomic E-state index is 12.4. The maximum Gasteiger partial charge on any atom is 0.222 e. The molecule has 5 nitrogen and oxygen atoms in total.